The molecule has 1 unspecified atom stereocenters. The number of amides is 3. The van der Waals surface area contributed by atoms with Gasteiger partial charge in [0.25, 0.3) is 0 Å². The van der Waals surface area contributed by atoms with Crippen LogP contribution in [0.5, 0.6) is 0 Å². The van der Waals surface area contributed by atoms with Crippen molar-refractivity contribution in [2.45, 2.75) is 18.9 Å². The van der Waals surface area contributed by atoms with Gasteiger partial charge >= 0.3 is 6.03 Å². The van der Waals surface area contributed by atoms with Gasteiger partial charge in [-0.2, -0.15) is 5.10 Å². The highest BCUT2D eigenvalue weighted by atomic mass is 16.2. The summed E-state index contributed by atoms with van der Waals surface area (Å²) in [6.07, 6.45) is 7.13. The Hall–Kier alpha value is -3.33. The van der Waals surface area contributed by atoms with Crippen molar-refractivity contribution in [3.05, 3.63) is 36.8 Å². The summed E-state index contributed by atoms with van der Waals surface area (Å²) in [6.45, 7) is 1.20. The molecule has 0 saturated carbocycles. The number of pyridine rings is 2. The third-order valence-corrected chi connectivity index (χ3v) is 5.29. The molecule has 9 nitrogen and oxygen atoms in total. The number of aryl methyl sites for hydroxylation is 1. The predicted octanol–water partition coefficient (Wildman–Crippen LogP) is 1.83. The summed E-state index contributed by atoms with van der Waals surface area (Å²) in [5.74, 6) is 0.237. The lowest BCUT2D eigenvalue weighted by atomic mass is 10.2. The molecule has 142 valence electrons. The Morgan fingerprint density at radius 2 is 2.18 bits per heavy atom. The first-order valence-electron chi connectivity index (χ1n) is 9.21. The van der Waals surface area contributed by atoms with E-state index in [-0.39, 0.29) is 11.9 Å². The molecule has 3 aromatic heterocycles. The van der Waals surface area contributed by atoms with Crippen molar-refractivity contribution in [2.24, 2.45) is 7.05 Å². The van der Waals surface area contributed by atoms with Crippen molar-refractivity contribution in [2.75, 3.05) is 18.5 Å². The quantitative estimate of drug-likeness (QED) is 0.732. The van der Waals surface area contributed by atoms with Gasteiger partial charge in [0.15, 0.2) is 0 Å². The van der Waals surface area contributed by atoms with Crippen molar-refractivity contribution >= 4 is 28.7 Å². The molecule has 2 fully saturated rings. The fourth-order valence-corrected chi connectivity index (χ4v) is 3.85. The van der Waals surface area contributed by atoms with E-state index >= 15 is 0 Å². The monoisotopic (exact) mass is 377 g/mol. The highest BCUT2D eigenvalue weighted by Gasteiger charge is 2.43. The van der Waals surface area contributed by atoms with E-state index in [1.54, 1.807) is 23.1 Å². The third-order valence-electron chi connectivity index (χ3n) is 5.29. The highest BCUT2D eigenvalue weighted by Crippen LogP contribution is 2.26. The number of nitrogens with zero attached hydrogens (tertiary/aromatic N) is 6. The van der Waals surface area contributed by atoms with Gasteiger partial charge in [-0.1, -0.05) is 0 Å². The first-order valence-corrected chi connectivity index (χ1v) is 9.21. The maximum atomic E-state index is 12.6. The highest BCUT2D eigenvalue weighted by molar-refractivity contribution is 6.04. The summed E-state index contributed by atoms with van der Waals surface area (Å²) in [6, 6.07) is 4.96. The number of carbonyl (C=O) groups excluding carboxylic acids is 2. The topological polar surface area (TPSA) is 96.2 Å². The minimum Gasteiger partial charge on any atom is -0.292 e. The SMILES string of the molecule is Cn1cc(-c2ccc3cnc(NC(=O)N4CN5CCCC5C4=O)cc3n2)cn1. The molecule has 2 aliphatic heterocycles. The summed E-state index contributed by atoms with van der Waals surface area (Å²) in [4.78, 5) is 37.2. The van der Waals surface area contributed by atoms with Gasteiger partial charge < -0.3 is 0 Å². The Labute approximate surface area is 161 Å². The standard InChI is InChI=1S/C19H19N7O2/c1-24-10-13(9-21-24)14-5-4-12-8-20-17(7-15(12)22-14)23-19(28)26-11-25-6-2-3-16(25)18(26)27/h4-5,7-10,16H,2-3,6,11H2,1H3,(H,20,23,28). The van der Waals surface area contributed by atoms with Crippen LogP contribution in [-0.2, 0) is 11.8 Å². The van der Waals surface area contributed by atoms with Crippen LogP contribution in [0.4, 0.5) is 10.6 Å². The average molecular weight is 377 g/mol. The second kappa shape index (κ2) is 6.38. The number of urea groups is 1. The van der Waals surface area contributed by atoms with Crippen LogP contribution in [0, 0.1) is 0 Å². The van der Waals surface area contributed by atoms with Gasteiger partial charge in [0, 0.05) is 43.0 Å². The number of rotatable bonds is 2. The minimum absolute atomic E-state index is 0.132. The lowest BCUT2D eigenvalue weighted by Gasteiger charge is -2.16. The molecule has 3 aromatic rings. The van der Waals surface area contributed by atoms with Crippen molar-refractivity contribution < 1.29 is 9.59 Å². The fraction of sp³-hybridized carbons (Fsp3) is 0.316. The molecule has 28 heavy (non-hydrogen) atoms. The molecule has 9 heteroatoms. The van der Waals surface area contributed by atoms with Crippen LogP contribution in [0.1, 0.15) is 12.8 Å². The lowest BCUT2D eigenvalue weighted by Crippen LogP contribution is -2.38. The van der Waals surface area contributed by atoms with Gasteiger partial charge in [-0.3, -0.25) is 19.7 Å². The molecule has 2 aliphatic rings. The van der Waals surface area contributed by atoms with Gasteiger partial charge in [-0.05, 0) is 25.0 Å². The summed E-state index contributed by atoms with van der Waals surface area (Å²) in [5.41, 5.74) is 2.41. The molecule has 0 aliphatic carbocycles. The number of imide groups is 1. The van der Waals surface area contributed by atoms with E-state index in [1.807, 2.05) is 30.3 Å². The molecule has 0 spiro atoms. The number of carbonyl (C=O) groups is 2. The van der Waals surface area contributed by atoms with E-state index in [4.69, 9.17) is 0 Å². The van der Waals surface area contributed by atoms with Crippen LogP contribution in [-0.4, -0.2) is 60.7 Å². The normalized spacial score (nSPS) is 19.4. The van der Waals surface area contributed by atoms with Crippen molar-refractivity contribution in [1.29, 1.82) is 0 Å². The van der Waals surface area contributed by atoms with E-state index in [2.05, 4.69) is 20.4 Å². The average Bonchev–Trinajstić information content (AvgIpc) is 3.39. The van der Waals surface area contributed by atoms with E-state index in [0.29, 0.717) is 18.0 Å². The lowest BCUT2D eigenvalue weighted by molar-refractivity contribution is -0.126. The van der Waals surface area contributed by atoms with Crippen molar-refractivity contribution in [3.63, 3.8) is 0 Å². The molecular weight excluding hydrogens is 358 g/mol. The molecule has 2 saturated heterocycles. The fourth-order valence-electron chi connectivity index (χ4n) is 3.85. The molecule has 1 atom stereocenters. The van der Waals surface area contributed by atoms with Crippen molar-refractivity contribution in [3.8, 4) is 11.3 Å². The number of fused-ring (bicyclic) bond motifs is 2. The third kappa shape index (κ3) is 2.80. The molecule has 5 rings (SSSR count). The Balaban J connectivity index is 1.38. The summed E-state index contributed by atoms with van der Waals surface area (Å²) >= 11 is 0. The van der Waals surface area contributed by atoms with Crippen LogP contribution in [0.3, 0.4) is 0 Å². The molecule has 5 heterocycles. The number of aromatic nitrogens is 4. The van der Waals surface area contributed by atoms with Gasteiger partial charge in [0.2, 0.25) is 5.91 Å². The molecule has 0 bridgehead atoms. The molecule has 1 N–H and O–H groups in total. The van der Waals surface area contributed by atoms with Gasteiger partial charge in [0.1, 0.15) is 5.82 Å². The number of anilines is 1. The Bertz CT molecular complexity index is 1090. The van der Waals surface area contributed by atoms with E-state index in [9.17, 15) is 9.59 Å². The first-order chi connectivity index (χ1) is 13.6. The van der Waals surface area contributed by atoms with Crippen LogP contribution < -0.4 is 5.32 Å². The van der Waals surface area contributed by atoms with Crippen LogP contribution in [0.15, 0.2) is 36.8 Å². The van der Waals surface area contributed by atoms with Gasteiger partial charge in [0.05, 0.1) is 30.1 Å². The zero-order valence-corrected chi connectivity index (χ0v) is 15.4. The zero-order chi connectivity index (χ0) is 19.3. The predicted molar refractivity (Wildman–Crippen MR) is 102 cm³/mol. The Kier molecular flexibility index (Phi) is 3.83. The summed E-state index contributed by atoms with van der Waals surface area (Å²) < 4.78 is 1.72. The molecule has 0 radical (unpaired) electrons. The van der Waals surface area contributed by atoms with E-state index < -0.39 is 6.03 Å². The number of hydrogen-bond acceptors (Lipinski definition) is 6. The largest absolute Gasteiger partial charge is 0.330 e. The zero-order valence-electron chi connectivity index (χ0n) is 15.4. The second-order valence-corrected chi connectivity index (χ2v) is 7.17. The molecule has 3 amide bonds. The van der Waals surface area contributed by atoms with Gasteiger partial charge in [-0.15, -0.1) is 0 Å². The van der Waals surface area contributed by atoms with E-state index in [0.717, 1.165) is 36.0 Å². The van der Waals surface area contributed by atoms with Crippen LogP contribution in [0.2, 0.25) is 0 Å². The van der Waals surface area contributed by atoms with Gasteiger partial charge in [-0.25, -0.2) is 19.7 Å². The van der Waals surface area contributed by atoms with Crippen molar-refractivity contribution in [1.82, 2.24) is 29.5 Å². The minimum atomic E-state index is -0.449. The van der Waals surface area contributed by atoms with E-state index in [1.165, 1.54) is 4.90 Å². The first kappa shape index (κ1) is 16.8. The van der Waals surface area contributed by atoms with Crippen LogP contribution in [0.25, 0.3) is 22.2 Å². The summed E-state index contributed by atoms with van der Waals surface area (Å²) in [7, 11) is 1.85. The maximum Gasteiger partial charge on any atom is 0.330 e. The van der Waals surface area contributed by atoms with Crippen LogP contribution >= 0.6 is 0 Å². The number of hydrogen-bond donors (Lipinski definition) is 1. The Morgan fingerprint density at radius 1 is 1.29 bits per heavy atom. The molecule has 0 aromatic carbocycles. The Morgan fingerprint density at radius 3 is 2.96 bits per heavy atom. The number of nitrogens with one attached hydrogen (secondary N) is 1. The maximum absolute atomic E-state index is 12.6. The smallest absolute Gasteiger partial charge is 0.292 e. The molecular formula is C19H19N7O2. The summed E-state index contributed by atoms with van der Waals surface area (Å²) in [5, 5.41) is 7.77. The second-order valence-electron chi connectivity index (χ2n) is 7.17.